The van der Waals surface area contributed by atoms with Crippen LogP contribution in [0.15, 0.2) is 18.2 Å². The lowest BCUT2D eigenvalue weighted by atomic mass is 9.65. The van der Waals surface area contributed by atoms with Crippen molar-refractivity contribution < 1.29 is 13.9 Å². The first kappa shape index (κ1) is 15.4. The van der Waals surface area contributed by atoms with Gasteiger partial charge in [-0.2, -0.15) is 0 Å². The summed E-state index contributed by atoms with van der Waals surface area (Å²) in [7, 11) is 0. The van der Waals surface area contributed by atoms with Gasteiger partial charge in [0, 0.05) is 0 Å². The van der Waals surface area contributed by atoms with Crippen molar-refractivity contribution in [2.45, 2.75) is 52.6 Å². The van der Waals surface area contributed by atoms with Gasteiger partial charge in [-0.25, -0.2) is 8.78 Å². The van der Waals surface area contributed by atoms with Crippen molar-refractivity contribution in [1.29, 1.82) is 0 Å². The van der Waals surface area contributed by atoms with E-state index in [9.17, 15) is 13.9 Å². The van der Waals surface area contributed by atoms with E-state index in [1.807, 2.05) is 13.8 Å². The maximum Gasteiger partial charge on any atom is 0.126 e. The van der Waals surface area contributed by atoms with Crippen molar-refractivity contribution in [3.05, 3.63) is 35.4 Å². The molecule has 1 aromatic rings. The maximum atomic E-state index is 13.8. The Balaban J connectivity index is 2.16. The van der Waals surface area contributed by atoms with Crippen LogP contribution >= 0.6 is 0 Å². The van der Waals surface area contributed by atoms with Crippen LogP contribution in [0.5, 0.6) is 0 Å². The summed E-state index contributed by atoms with van der Waals surface area (Å²) in [6.07, 6.45) is 2.96. The molecule has 1 aliphatic rings. The lowest BCUT2D eigenvalue weighted by Crippen LogP contribution is -2.39. The minimum absolute atomic E-state index is 0.140. The molecular formula is C17H24F2O. The molecule has 1 nitrogen and oxygen atoms in total. The molecule has 0 amide bonds. The predicted octanol–water partition coefficient (Wildman–Crippen LogP) is 4.33. The summed E-state index contributed by atoms with van der Waals surface area (Å²) in [6.45, 7) is 6.24. The third kappa shape index (κ3) is 3.38. The molecule has 2 rings (SSSR count). The van der Waals surface area contributed by atoms with Crippen molar-refractivity contribution >= 4 is 0 Å². The fourth-order valence-electron chi connectivity index (χ4n) is 3.56. The molecule has 1 aromatic carbocycles. The monoisotopic (exact) mass is 282 g/mol. The normalized spacial score (nSPS) is 27.6. The number of halogens is 2. The van der Waals surface area contributed by atoms with Crippen molar-refractivity contribution in [2.24, 2.45) is 17.3 Å². The van der Waals surface area contributed by atoms with E-state index in [1.54, 1.807) is 0 Å². The molecule has 3 unspecified atom stereocenters. The first-order valence-electron chi connectivity index (χ1n) is 7.41. The summed E-state index contributed by atoms with van der Waals surface area (Å²) in [5.41, 5.74) is 0.162. The zero-order valence-corrected chi connectivity index (χ0v) is 12.5. The second kappa shape index (κ2) is 5.80. The number of aliphatic hydroxyl groups excluding tert-OH is 1. The molecule has 0 spiro atoms. The Morgan fingerprint density at radius 3 is 2.60 bits per heavy atom. The number of benzene rings is 1. The molecule has 0 heterocycles. The van der Waals surface area contributed by atoms with E-state index in [4.69, 9.17) is 0 Å². The van der Waals surface area contributed by atoms with E-state index < -0.39 is 5.82 Å². The van der Waals surface area contributed by atoms with Crippen molar-refractivity contribution in [1.82, 2.24) is 0 Å². The third-order valence-electron chi connectivity index (χ3n) is 4.74. The van der Waals surface area contributed by atoms with Gasteiger partial charge in [0.05, 0.1) is 6.10 Å². The van der Waals surface area contributed by atoms with E-state index >= 15 is 0 Å². The number of aliphatic hydroxyl groups is 1. The van der Waals surface area contributed by atoms with Gasteiger partial charge >= 0.3 is 0 Å². The summed E-state index contributed by atoms with van der Waals surface area (Å²) in [6, 6.07) is 3.60. The zero-order valence-electron chi connectivity index (χ0n) is 12.5. The molecule has 1 aliphatic carbocycles. The maximum absolute atomic E-state index is 13.8. The third-order valence-corrected chi connectivity index (χ3v) is 4.74. The van der Waals surface area contributed by atoms with Crippen molar-refractivity contribution in [2.75, 3.05) is 0 Å². The lowest BCUT2D eigenvalue weighted by Gasteiger charge is -2.42. The average Bonchev–Trinajstić information content (AvgIpc) is 2.33. The standard InChI is InChI=1S/C17H24F2O/c1-11-4-6-14(16(20)8-11)17(2,3)10-12-9-13(18)5-7-15(12)19/h5,7,9,11,14,16,20H,4,6,8,10H2,1-3H3. The molecular weight excluding hydrogens is 258 g/mol. The lowest BCUT2D eigenvalue weighted by molar-refractivity contribution is -0.0128. The van der Waals surface area contributed by atoms with Crippen LogP contribution in [0.25, 0.3) is 0 Å². The zero-order chi connectivity index (χ0) is 14.9. The molecule has 3 heteroatoms. The number of hydrogen-bond donors (Lipinski definition) is 1. The Kier molecular flexibility index (Phi) is 4.48. The summed E-state index contributed by atoms with van der Waals surface area (Å²) in [4.78, 5) is 0. The predicted molar refractivity (Wildman–Crippen MR) is 76.4 cm³/mol. The van der Waals surface area contributed by atoms with E-state index in [1.165, 1.54) is 12.1 Å². The van der Waals surface area contributed by atoms with Gasteiger partial charge in [-0.1, -0.05) is 27.2 Å². The van der Waals surface area contributed by atoms with Crippen LogP contribution in [0.2, 0.25) is 0 Å². The van der Waals surface area contributed by atoms with E-state index in [0.717, 1.165) is 25.3 Å². The molecule has 0 saturated heterocycles. The molecule has 0 aliphatic heterocycles. The second-order valence-corrected chi connectivity index (χ2v) is 6.99. The van der Waals surface area contributed by atoms with E-state index in [2.05, 4.69) is 6.92 Å². The quantitative estimate of drug-likeness (QED) is 0.875. The van der Waals surface area contributed by atoms with Crippen LogP contribution in [-0.2, 0) is 6.42 Å². The highest BCUT2D eigenvalue weighted by Crippen LogP contribution is 2.42. The minimum Gasteiger partial charge on any atom is -0.393 e. The summed E-state index contributed by atoms with van der Waals surface area (Å²) in [5.74, 6) is -0.0857. The van der Waals surface area contributed by atoms with Gasteiger partial charge in [0.2, 0.25) is 0 Å². The van der Waals surface area contributed by atoms with Gasteiger partial charge in [0.25, 0.3) is 0 Å². The number of rotatable bonds is 3. The van der Waals surface area contributed by atoms with Gasteiger partial charge < -0.3 is 5.11 Å². The largest absolute Gasteiger partial charge is 0.393 e. The van der Waals surface area contributed by atoms with Crippen molar-refractivity contribution in [3.8, 4) is 0 Å². The minimum atomic E-state index is -0.407. The molecule has 1 saturated carbocycles. The van der Waals surface area contributed by atoms with E-state index in [0.29, 0.717) is 17.9 Å². The molecule has 20 heavy (non-hydrogen) atoms. The van der Waals surface area contributed by atoms with Gasteiger partial charge in [0.15, 0.2) is 0 Å². The van der Waals surface area contributed by atoms with Gasteiger partial charge in [-0.3, -0.25) is 0 Å². The van der Waals surface area contributed by atoms with Gasteiger partial charge in [-0.05, 0) is 60.3 Å². The highest BCUT2D eigenvalue weighted by atomic mass is 19.1. The Labute approximate surface area is 120 Å². The second-order valence-electron chi connectivity index (χ2n) is 6.99. The van der Waals surface area contributed by atoms with Crippen LogP contribution < -0.4 is 0 Å². The summed E-state index contributed by atoms with van der Waals surface area (Å²) in [5, 5.41) is 10.3. The van der Waals surface area contributed by atoms with Crippen molar-refractivity contribution in [3.63, 3.8) is 0 Å². The highest BCUT2D eigenvalue weighted by Gasteiger charge is 2.38. The molecule has 112 valence electrons. The van der Waals surface area contributed by atoms with Gasteiger partial charge in [0.1, 0.15) is 11.6 Å². The Morgan fingerprint density at radius 2 is 1.95 bits per heavy atom. The van der Waals surface area contributed by atoms with E-state index in [-0.39, 0.29) is 23.3 Å². The fourth-order valence-corrected chi connectivity index (χ4v) is 3.56. The molecule has 1 N–H and O–H groups in total. The highest BCUT2D eigenvalue weighted by molar-refractivity contribution is 5.20. The number of hydrogen-bond acceptors (Lipinski definition) is 1. The van der Waals surface area contributed by atoms with Crippen LogP contribution in [0.3, 0.4) is 0 Å². The molecule has 0 radical (unpaired) electrons. The summed E-state index contributed by atoms with van der Waals surface area (Å²) >= 11 is 0. The molecule has 1 fully saturated rings. The topological polar surface area (TPSA) is 20.2 Å². The SMILES string of the molecule is CC1CCC(C(C)(C)Cc2cc(F)ccc2F)C(O)C1. The Morgan fingerprint density at radius 1 is 1.25 bits per heavy atom. The first-order chi connectivity index (χ1) is 9.29. The smallest absolute Gasteiger partial charge is 0.126 e. The average molecular weight is 282 g/mol. The first-order valence-corrected chi connectivity index (χ1v) is 7.41. The van der Waals surface area contributed by atoms with Crippen LogP contribution in [0.1, 0.15) is 45.6 Å². The molecule has 0 aromatic heterocycles. The molecule has 3 atom stereocenters. The summed E-state index contributed by atoms with van der Waals surface area (Å²) < 4.78 is 27.1. The van der Waals surface area contributed by atoms with Crippen LogP contribution in [-0.4, -0.2) is 11.2 Å². The fraction of sp³-hybridized carbons (Fsp3) is 0.647. The Bertz CT molecular complexity index is 470. The van der Waals surface area contributed by atoms with Gasteiger partial charge in [-0.15, -0.1) is 0 Å². The van der Waals surface area contributed by atoms with Crippen LogP contribution in [0, 0.1) is 28.9 Å². The van der Waals surface area contributed by atoms with Crippen LogP contribution in [0.4, 0.5) is 8.78 Å². The molecule has 0 bridgehead atoms. The Hall–Kier alpha value is -0.960.